The van der Waals surface area contributed by atoms with E-state index in [0.717, 1.165) is 56.5 Å². The van der Waals surface area contributed by atoms with Gasteiger partial charge in [-0.25, -0.2) is 0 Å². The Balaban J connectivity index is 1.28. The molecule has 1 aliphatic heterocycles. The van der Waals surface area contributed by atoms with Crippen LogP contribution >= 0.6 is 0 Å². The fourth-order valence-corrected chi connectivity index (χ4v) is 6.75. The minimum Gasteiger partial charge on any atom is -0.491 e. The molecule has 1 aliphatic carbocycles. The second kappa shape index (κ2) is 18.4. The summed E-state index contributed by atoms with van der Waals surface area (Å²) >= 11 is 0. The van der Waals surface area contributed by atoms with Crippen molar-refractivity contribution in [2.45, 2.75) is 70.9 Å². The number of nitrogens with zero attached hydrogens (tertiary/aromatic N) is 1. The van der Waals surface area contributed by atoms with Crippen LogP contribution in [-0.4, -0.2) is 55.6 Å². The van der Waals surface area contributed by atoms with Crippen LogP contribution in [-0.2, 0) is 36.8 Å². The Morgan fingerprint density at radius 3 is 2.15 bits per heavy atom. The van der Waals surface area contributed by atoms with Crippen molar-refractivity contribution in [3.63, 3.8) is 0 Å². The largest absolute Gasteiger partial charge is 0.491 e. The Morgan fingerprint density at radius 2 is 1.48 bits per heavy atom. The molecule has 3 aromatic rings. The molecule has 1 saturated carbocycles. The number of carbonyl (C=O) groups excluding carboxylic acids is 3. The van der Waals surface area contributed by atoms with Gasteiger partial charge in [0.25, 0.3) is 5.91 Å². The van der Waals surface area contributed by atoms with Crippen molar-refractivity contribution in [1.29, 1.82) is 0 Å². The monoisotopic (exact) mass is 654 g/mol. The first kappa shape index (κ1) is 35.1. The summed E-state index contributed by atoms with van der Waals surface area (Å²) in [6.07, 6.45) is 6.07. The van der Waals surface area contributed by atoms with Gasteiger partial charge in [-0.05, 0) is 60.8 Å². The second-order valence-corrected chi connectivity index (χ2v) is 13.1. The molecule has 8 heteroatoms. The molecule has 8 nitrogen and oxygen atoms in total. The lowest BCUT2D eigenvalue weighted by molar-refractivity contribution is -0.162. The van der Waals surface area contributed by atoms with E-state index in [9.17, 15) is 14.4 Å². The zero-order valence-corrected chi connectivity index (χ0v) is 28.2. The van der Waals surface area contributed by atoms with Crippen molar-refractivity contribution in [3.8, 4) is 5.75 Å². The molecule has 1 saturated heterocycles. The van der Waals surface area contributed by atoms with Gasteiger partial charge < -0.3 is 24.4 Å². The zero-order valence-electron chi connectivity index (χ0n) is 28.2. The Kier molecular flexibility index (Phi) is 13.5. The number of carbonyl (C=O) groups is 3. The predicted octanol–water partition coefficient (Wildman–Crippen LogP) is 6.68. The molecular formula is C40H50N2O6. The third kappa shape index (κ3) is 10.4. The van der Waals surface area contributed by atoms with Crippen LogP contribution in [0.25, 0.3) is 0 Å². The summed E-state index contributed by atoms with van der Waals surface area (Å²) in [5, 5.41) is 2.93. The van der Waals surface area contributed by atoms with E-state index in [-0.39, 0.29) is 12.3 Å². The average Bonchev–Trinajstić information content (AvgIpc) is 3.57. The van der Waals surface area contributed by atoms with E-state index < -0.39 is 23.9 Å². The molecule has 1 N–H and O–H groups in total. The van der Waals surface area contributed by atoms with Gasteiger partial charge in [-0.2, -0.15) is 0 Å². The maximum absolute atomic E-state index is 14.0. The van der Waals surface area contributed by atoms with E-state index >= 15 is 0 Å². The summed E-state index contributed by atoms with van der Waals surface area (Å²) in [4.78, 5) is 43.2. The second-order valence-electron chi connectivity index (χ2n) is 13.1. The van der Waals surface area contributed by atoms with Gasteiger partial charge >= 0.3 is 5.97 Å². The number of hydrogen-bond acceptors (Lipinski definition) is 6. The summed E-state index contributed by atoms with van der Waals surface area (Å²) in [5.74, 6) is 0.0561. The third-order valence-electron chi connectivity index (χ3n) is 9.51. The summed E-state index contributed by atoms with van der Waals surface area (Å²) in [7, 11) is 0. The van der Waals surface area contributed by atoms with Crippen LogP contribution in [0.2, 0.25) is 0 Å². The van der Waals surface area contributed by atoms with Gasteiger partial charge in [0.2, 0.25) is 12.0 Å². The molecule has 4 atom stereocenters. The van der Waals surface area contributed by atoms with E-state index in [0.29, 0.717) is 49.3 Å². The molecule has 1 unspecified atom stereocenters. The zero-order chi connectivity index (χ0) is 33.6. The van der Waals surface area contributed by atoms with Gasteiger partial charge in [0.1, 0.15) is 12.4 Å². The van der Waals surface area contributed by atoms with Gasteiger partial charge in [-0.15, -0.1) is 0 Å². The first-order valence-corrected chi connectivity index (χ1v) is 17.6. The lowest BCUT2D eigenvalue weighted by atomic mass is 9.82. The van der Waals surface area contributed by atoms with Crippen LogP contribution < -0.4 is 10.1 Å². The van der Waals surface area contributed by atoms with Gasteiger partial charge in [0, 0.05) is 38.2 Å². The van der Waals surface area contributed by atoms with Crippen LogP contribution in [0, 0.1) is 17.8 Å². The topological polar surface area (TPSA) is 94.2 Å². The molecule has 0 aromatic heterocycles. The molecule has 2 aliphatic rings. The van der Waals surface area contributed by atoms with Gasteiger partial charge in [0.05, 0.1) is 12.5 Å². The van der Waals surface area contributed by atoms with Crippen molar-refractivity contribution >= 4 is 17.8 Å². The standard InChI is InChI=1S/C40H50N2O6/c1-2-3-22-46-23-24-47-36-20-18-30(19-21-36)25-35(26-37(43)42-28-33-16-10-11-17-34(33)29-42)40(45)48-38(32-14-8-5-9-15-32)39(44)41-27-31-12-6-4-7-13-31/h4-9,12-15,18-21,33-35,38H,2-3,10-11,16-17,22-29H2,1H3,(H,41,44)/t33-,34+,35?,38-/m0/s1. The molecule has 48 heavy (non-hydrogen) atoms. The maximum atomic E-state index is 14.0. The number of unbranched alkanes of at least 4 members (excludes halogenated alkanes) is 1. The molecule has 2 fully saturated rings. The Hall–Kier alpha value is -4.17. The van der Waals surface area contributed by atoms with Gasteiger partial charge in [-0.1, -0.05) is 99.0 Å². The van der Waals surface area contributed by atoms with E-state index in [1.165, 1.54) is 12.8 Å². The molecule has 0 bridgehead atoms. The number of fused-ring (bicyclic) bond motifs is 1. The molecule has 256 valence electrons. The highest BCUT2D eigenvalue weighted by Gasteiger charge is 2.38. The van der Waals surface area contributed by atoms with Crippen molar-refractivity contribution in [1.82, 2.24) is 10.2 Å². The van der Waals surface area contributed by atoms with Crippen molar-refractivity contribution < 1.29 is 28.6 Å². The number of rotatable bonds is 17. The predicted molar refractivity (Wildman–Crippen MR) is 185 cm³/mol. The number of benzene rings is 3. The Morgan fingerprint density at radius 1 is 0.812 bits per heavy atom. The highest BCUT2D eigenvalue weighted by Crippen LogP contribution is 2.36. The smallest absolute Gasteiger partial charge is 0.310 e. The molecule has 1 heterocycles. The van der Waals surface area contributed by atoms with Crippen LogP contribution in [0.5, 0.6) is 5.75 Å². The normalized spacial score (nSPS) is 18.4. The average molecular weight is 655 g/mol. The van der Waals surface area contributed by atoms with Crippen molar-refractivity contribution in [2.75, 3.05) is 32.9 Å². The maximum Gasteiger partial charge on any atom is 0.310 e. The minimum atomic E-state index is -1.15. The third-order valence-corrected chi connectivity index (χ3v) is 9.51. The number of nitrogens with one attached hydrogen (secondary N) is 1. The van der Waals surface area contributed by atoms with Crippen LogP contribution in [0.3, 0.4) is 0 Å². The number of likely N-dealkylation sites (tertiary alicyclic amines) is 1. The van der Waals surface area contributed by atoms with Crippen molar-refractivity contribution in [2.24, 2.45) is 17.8 Å². The van der Waals surface area contributed by atoms with Crippen LogP contribution in [0.15, 0.2) is 84.9 Å². The fourth-order valence-electron chi connectivity index (χ4n) is 6.75. The molecule has 0 spiro atoms. The first-order chi connectivity index (χ1) is 23.5. The molecule has 0 radical (unpaired) electrons. The number of esters is 1. The van der Waals surface area contributed by atoms with Crippen LogP contribution in [0.1, 0.15) is 74.7 Å². The highest BCUT2D eigenvalue weighted by atomic mass is 16.5. The van der Waals surface area contributed by atoms with E-state index in [1.54, 1.807) is 12.1 Å². The SMILES string of the molecule is CCCCOCCOc1ccc(CC(CC(=O)N2C[C@H]3CCCC[C@H]3C2)C(=O)O[C@H](C(=O)NCc2ccccc2)c2ccccc2)cc1. The van der Waals surface area contributed by atoms with E-state index in [1.807, 2.05) is 77.7 Å². The minimum absolute atomic E-state index is 0.0266. The number of hydrogen-bond donors (Lipinski definition) is 1. The first-order valence-electron chi connectivity index (χ1n) is 17.6. The molecule has 2 amide bonds. The Labute approximate surface area is 285 Å². The van der Waals surface area contributed by atoms with Gasteiger partial charge in [-0.3, -0.25) is 14.4 Å². The molecule has 5 rings (SSSR count). The Bertz CT molecular complexity index is 1420. The van der Waals surface area contributed by atoms with Gasteiger partial charge in [0.15, 0.2) is 0 Å². The summed E-state index contributed by atoms with van der Waals surface area (Å²) in [6.45, 7) is 5.66. The summed E-state index contributed by atoms with van der Waals surface area (Å²) in [5.41, 5.74) is 2.40. The van der Waals surface area contributed by atoms with E-state index in [2.05, 4.69) is 12.2 Å². The highest BCUT2D eigenvalue weighted by molar-refractivity contribution is 5.87. The molecule has 3 aromatic carbocycles. The fraction of sp³-hybridized carbons (Fsp3) is 0.475. The number of ether oxygens (including phenoxy) is 3. The lowest BCUT2D eigenvalue weighted by Crippen LogP contribution is -2.36. The quantitative estimate of drug-likeness (QED) is 0.129. The van der Waals surface area contributed by atoms with Crippen molar-refractivity contribution in [3.05, 3.63) is 102 Å². The lowest BCUT2D eigenvalue weighted by Gasteiger charge is -2.24. The number of amides is 2. The molecular weight excluding hydrogens is 604 g/mol. The van der Waals surface area contributed by atoms with E-state index in [4.69, 9.17) is 14.2 Å². The summed E-state index contributed by atoms with van der Waals surface area (Å²) in [6, 6.07) is 26.2. The van der Waals surface area contributed by atoms with Crippen LogP contribution in [0.4, 0.5) is 0 Å². The summed E-state index contributed by atoms with van der Waals surface area (Å²) < 4.78 is 17.5.